The van der Waals surface area contributed by atoms with Gasteiger partial charge in [-0.1, -0.05) is 24.3 Å². The third-order valence-corrected chi connectivity index (χ3v) is 5.67. The summed E-state index contributed by atoms with van der Waals surface area (Å²) in [7, 11) is 0. The second-order valence-electron chi connectivity index (χ2n) is 7.30. The summed E-state index contributed by atoms with van der Waals surface area (Å²) in [6.45, 7) is 1.89. The van der Waals surface area contributed by atoms with Crippen LogP contribution in [0.3, 0.4) is 0 Å². The predicted molar refractivity (Wildman–Crippen MR) is 104 cm³/mol. The molecule has 0 saturated carbocycles. The number of aromatic nitrogens is 2. The maximum Gasteiger partial charge on any atom is 0.231 e. The summed E-state index contributed by atoms with van der Waals surface area (Å²) in [4.78, 5) is 17.7. The first kappa shape index (κ1) is 15.4. The Morgan fingerprint density at radius 2 is 2.04 bits per heavy atom. The quantitative estimate of drug-likeness (QED) is 0.772. The number of carbonyl (C=O) groups excluding carboxylic acids is 1. The van der Waals surface area contributed by atoms with Gasteiger partial charge < -0.3 is 9.80 Å². The van der Waals surface area contributed by atoms with Gasteiger partial charge in [0.05, 0.1) is 29.5 Å². The van der Waals surface area contributed by atoms with E-state index in [0.29, 0.717) is 12.5 Å². The zero-order valence-corrected chi connectivity index (χ0v) is 14.7. The fraction of sp³-hybridized carbons (Fsp3) is 0.333. The Morgan fingerprint density at radius 3 is 2.96 bits per heavy atom. The standard InChI is InChI=1S/C21H22N4O/c26-21(12-15-8-9-16-13-22-23-18(16)11-15)25-14-17-5-3-4-10-24(17)19-6-1-2-7-20(19)25/h1-2,6-9,11,13,17H,3-5,10,12,14H2,(H,22,23)/t17-/m1/s1. The largest absolute Gasteiger partial charge is 0.365 e. The van der Waals surface area contributed by atoms with Gasteiger partial charge in [0.15, 0.2) is 0 Å². The minimum atomic E-state index is 0.168. The van der Waals surface area contributed by atoms with Crippen molar-refractivity contribution < 1.29 is 4.79 Å². The normalized spacial score (nSPS) is 19.3. The van der Waals surface area contributed by atoms with E-state index < -0.39 is 0 Å². The fourth-order valence-corrected chi connectivity index (χ4v) is 4.35. The maximum atomic E-state index is 13.2. The Morgan fingerprint density at radius 1 is 1.15 bits per heavy atom. The number of H-pyrrole nitrogens is 1. The molecule has 0 aliphatic carbocycles. The molecule has 0 radical (unpaired) electrons. The van der Waals surface area contributed by atoms with Crippen LogP contribution < -0.4 is 9.80 Å². The lowest BCUT2D eigenvalue weighted by atomic mass is 9.96. The molecule has 5 heteroatoms. The molecule has 3 heterocycles. The van der Waals surface area contributed by atoms with Crippen LogP contribution in [-0.2, 0) is 11.2 Å². The van der Waals surface area contributed by atoms with Gasteiger partial charge in [-0.25, -0.2) is 0 Å². The molecule has 5 rings (SSSR count). The Bertz CT molecular complexity index is 963. The third kappa shape index (κ3) is 2.55. The number of hydrogen-bond donors (Lipinski definition) is 1. The topological polar surface area (TPSA) is 52.2 Å². The number of para-hydroxylation sites is 2. The molecule has 2 aromatic carbocycles. The molecule has 1 atom stereocenters. The van der Waals surface area contributed by atoms with Gasteiger partial charge in [-0.2, -0.15) is 5.10 Å². The first-order valence-corrected chi connectivity index (χ1v) is 9.38. The van der Waals surface area contributed by atoms with Crippen molar-refractivity contribution in [2.45, 2.75) is 31.7 Å². The van der Waals surface area contributed by atoms with Crippen LogP contribution in [-0.4, -0.2) is 35.2 Å². The molecule has 0 bridgehead atoms. The highest BCUT2D eigenvalue weighted by atomic mass is 16.2. The van der Waals surface area contributed by atoms with Gasteiger partial charge in [0.25, 0.3) is 0 Å². The molecular formula is C21H22N4O. The van der Waals surface area contributed by atoms with E-state index in [1.54, 1.807) is 6.20 Å². The molecule has 2 aliphatic heterocycles. The number of anilines is 2. The molecule has 1 amide bonds. The van der Waals surface area contributed by atoms with Gasteiger partial charge >= 0.3 is 0 Å². The zero-order valence-electron chi connectivity index (χ0n) is 14.7. The van der Waals surface area contributed by atoms with E-state index in [4.69, 9.17) is 0 Å². The fourth-order valence-electron chi connectivity index (χ4n) is 4.35. The highest BCUT2D eigenvalue weighted by Crippen LogP contribution is 2.38. The van der Waals surface area contributed by atoms with Crippen LogP contribution in [0.5, 0.6) is 0 Å². The summed E-state index contributed by atoms with van der Waals surface area (Å²) in [6.07, 6.45) is 5.87. The molecule has 26 heavy (non-hydrogen) atoms. The van der Waals surface area contributed by atoms with E-state index in [-0.39, 0.29) is 5.91 Å². The highest BCUT2D eigenvalue weighted by molar-refractivity contribution is 5.99. The summed E-state index contributed by atoms with van der Waals surface area (Å²) in [5, 5.41) is 8.12. The Labute approximate surface area is 152 Å². The number of rotatable bonds is 2. The number of nitrogens with zero attached hydrogens (tertiary/aromatic N) is 3. The lowest BCUT2D eigenvalue weighted by Crippen LogP contribution is -2.53. The summed E-state index contributed by atoms with van der Waals surface area (Å²) in [5.74, 6) is 0.168. The number of carbonyl (C=O) groups is 1. The van der Waals surface area contributed by atoms with Gasteiger partial charge in [-0.15, -0.1) is 0 Å². The molecule has 1 saturated heterocycles. The van der Waals surface area contributed by atoms with Crippen LogP contribution >= 0.6 is 0 Å². The Balaban J connectivity index is 1.45. The van der Waals surface area contributed by atoms with Crippen molar-refractivity contribution in [3.63, 3.8) is 0 Å². The number of fused-ring (bicyclic) bond motifs is 4. The van der Waals surface area contributed by atoms with E-state index in [1.807, 2.05) is 29.2 Å². The van der Waals surface area contributed by atoms with Crippen molar-refractivity contribution >= 4 is 28.2 Å². The minimum absolute atomic E-state index is 0.168. The summed E-state index contributed by atoms with van der Waals surface area (Å²) in [6, 6.07) is 14.9. The first-order chi connectivity index (χ1) is 12.8. The Hall–Kier alpha value is -2.82. The van der Waals surface area contributed by atoms with Crippen molar-refractivity contribution in [3.8, 4) is 0 Å². The van der Waals surface area contributed by atoms with E-state index in [0.717, 1.165) is 41.7 Å². The molecule has 0 unspecified atom stereocenters. The second-order valence-corrected chi connectivity index (χ2v) is 7.30. The predicted octanol–water partition coefficient (Wildman–Crippen LogP) is 3.51. The molecule has 132 valence electrons. The second kappa shape index (κ2) is 6.16. The van der Waals surface area contributed by atoms with Crippen molar-refractivity contribution in [1.29, 1.82) is 0 Å². The lowest BCUT2D eigenvalue weighted by molar-refractivity contribution is -0.118. The maximum absolute atomic E-state index is 13.2. The molecule has 1 aromatic heterocycles. The van der Waals surface area contributed by atoms with Crippen molar-refractivity contribution in [2.75, 3.05) is 22.9 Å². The van der Waals surface area contributed by atoms with E-state index in [9.17, 15) is 4.79 Å². The molecule has 1 N–H and O–H groups in total. The summed E-state index contributed by atoms with van der Waals surface area (Å²) in [5.41, 5.74) is 4.27. The van der Waals surface area contributed by atoms with Crippen molar-refractivity contribution in [2.24, 2.45) is 0 Å². The minimum Gasteiger partial charge on any atom is -0.365 e. The Kier molecular flexibility index (Phi) is 3.66. The van der Waals surface area contributed by atoms with Crippen molar-refractivity contribution in [3.05, 3.63) is 54.2 Å². The van der Waals surface area contributed by atoms with Gasteiger partial charge in [-0.3, -0.25) is 9.89 Å². The van der Waals surface area contributed by atoms with Crippen LogP contribution in [0.1, 0.15) is 24.8 Å². The monoisotopic (exact) mass is 346 g/mol. The molecule has 3 aromatic rings. The lowest BCUT2D eigenvalue weighted by Gasteiger charge is -2.46. The number of nitrogens with one attached hydrogen (secondary N) is 1. The third-order valence-electron chi connectivity index (χ3n) is 5.67. The summed E-state index contributed by atoms with van der Waals surface area (Å²) < 4.78 is 0. The van der Waals surface area contributed by atoms with Crippen LogP contribution in [0.25, 0.3) is 10.9 Å². The van der Waals surface area contributed by atoms with Crippen LogP contribution in [0.4, 0.5) is 11.4 Å². The number of piperidine rings is 1. The molecule has 1 fully saturated rings. The molecular weight excluding hydrogens is 324 g/mol. The SMILES string of the molecule is O=C(Cc1ccc2cn[nH]c2c1)N1C[C@H]2CCCCN2c2ccccc21. The highest BCUT2D eigenvalue weighted by Gasteiger charge is 2.34. The first-order valence-electron chi connectivity index (χ1n) is 9.38. The zero-order chi connectivity index (χ0) is 17.5. The number of hydrogen-bond acceptors (Lipinski definition) is 3. The van der Waals surface area contributed by atoms with E-state index in [2.05, 4.69) is 33.3 Å². The molecule has 5 nitrogen and oxygen atoms in total. The number of benzene rings is 2. The van der Waals surface area contributed by atoms with Gasteiger partial charge in [0.1, 0.15) is 0 Å². The van der Waals surface area contributed by atoms with Crippen LogP contribution in [0.2, 0.25) is 0 Å². The molecule has 2 aliphatic rings. The van der Waals surface area contributed by atoms with E-state index in [1.165, 1.54) is 18.5 Å². The van der Waals surface area contributed by atoms with E-state index >= 15 is 0 Å². The average Bonchev–Trinajstić information content (AvgIpc) is 3.15. The van der Waals surface area contributed by atoms with Crippen LogP contribution in [0.15, 0.2) is 48.7 Å². The van der Waals surface area contributed by atoms with Gasteiger partial charge in [0, 0.05) is 24.5 Å². The number of aromatic amines is 1. The van der Waals surface area contributed by atoms with Crippen molar-refractivity contribution in [1.82, 2.24) is 10.2 Å². The van der Waals surface area contributed by atoms with Crippen LogP contribution in [0, 0.1) is 0 Å². The number of amides is 1. The van der Waals surface area contributed by atoms with Gasteiger partial charge in [-0.05, 0) is 43.0 Å². The van der Waals surface area contributed by atoms with Gasteiger partial charge in [0.2, 0.25) is 5.91 Å². The molecule has 0 spiro atoms. The smallest absolute Gasteiger partial charge is 0.231 e. The average molecular weight is 346 g/mol. The summed E-state index contributed by atoms with van der Waals surface area (Å²) >= 11 is 0.